The Kier molecular flexibility index (Phi) is 38.2. The second-order valence-corrected chi connectivity index (χ2v) is 3.70. The van der Waals surface area contributed by atoms with Gasteiger partial charge in [-0.15, -0.1) is 0 Å². The van der Waals surface area contributed by atoms with Crippen LogP contribution in [0.15, 0.2) is 0 Å². The molecule has 0 aliphatic carbocycles. The predicted molar refractivity (Wildman–Crippen MR) is 35.4 cm³/mol. The molecule has 16 heteroatoms. The molecule has 0 aromatic carbocycles. The molecule has 0 aliphatic rings. The molecular formula is C3H8Ni3O11P2. The van der Waals surface area contributed by atoms with Gasteiger partial charge in [0.25, 0.3) is 0 Å². The first-order chi connectivity index (χ1) is 6.81. The van der Waals surface area contributed by atoms with Crippen molar-refractivity contribution < 1.29 is 103 Å². The maximum atomic E-state index is 8.55. The summed E-state index contributed by atoms with van der Waals surface area (Å²) in [7, 11) is -10.8. The second-order valence-electron chi connectivity index (χ2n) is 1.91. The van der Waals surface area contributed by atoms with Gasteiger partial charge in [-0.1, -0.05) is 0 Å². The van der Waals surface area contributed by atoms with Gasteiger partial charge in [0.05, 0.1) is 13.2 Å². The van der Waals surface area contributed by atoms with Crippen molar-refractivity contribution in [3.63, 3.8) is 0 Å². The molecule has 0 aromatic heterocycles. The number of hydrogen-bond acceptors (Lipinski definition) is 11. The van der Waals surface area contributed by atoms with Crippen LogP contribution in [0.5, 0.6) is 0 Å². The van der Waals surface area contributed by atoms with Gasteiger partial charge in [-0.25, -0.2) is 0 Å². The van der Waals surface area contributed by atoms with Crippen molar-refractivity contribution in [3.8, 4) is 0 Å². The van der Waals surface area contributed by atoms with Crippen molar-refractivity contribution in [2.75, 3.05) is 13.2 Å². The Morgan fingerprint density at radius 3 is 0.842 bits per heavy atom. The molecule has 0 fully saturated rings. The van der Waals surface area contributed by atoms with Crippen molar-refractivity contribution >= 4 is 15.6 Å². The summed E-state index contributed by atoms with van der Waals surface area (Å²) in [6.07, 6.45) is -0.954. The van der Waals surface area contributed by atoms with E-state index in [1.807, 2.05) is 0 Å². The Balaban J connectivity index is -0.0000000311. The van der Waals surface area contributed by atoms with Crippen LogP contribution in [0.2, 0.25) is 0 Å². The van der Waals surface area contributed by atoms with E-state index in [1.54, 1.807) is 0 Å². The molecule has 0 rings (SSSR count). The van der Waals surface area contributed by atoms with Crippen LogP contribution in [0, 0.1) is 0 Å². The smallest absolute Gasteiger partial charge is 0.822 e. The second kappa shape index (κ2) is 19.6. The van der Waals surface area contributed by atoms with E-state index in [9.17, 15) is 0 Å². The van der Waals surface area contributed by atoms with Gasteiger partial charge in [0.2, 0.25) is 0 Å². The van der Waals surface area contributed by atoms with Crippen LogP contribution >= 0.6 is 15.6 Å². The average Bonchev–Trinajstić information content (AvgIpc) is 1.96. The fourth-order valence-electron chi connectivity index (χ4n) is 0.0577. The van der Waals surface area contributed by atoms with Crippen molar-refractivity contribution in [3.05, 3.63) is 0 Å². The first kappa shape index (κ1) is 37.1. The molecule has 11 nitrogen and oxygen atoms in total. The van der Waals surface area contributed by atoms with Gasteiger partial charge >= 0.3 is 49.5 Å². The Bertz CT molecular complexity index is 199. The average molecular weight is 458 g/mol. The van der Waals surface area contributed by atoms with Gasteiger partial charge in [-0.2, -0.15) is 15.6 Å². The molecule has 0 aromatic rings. The molecule has 0 radical (unpaired) electrons. The van der Waals surface area contributed by atoms with Crippen molar-refractivity contribution in [2.45, 2.75) is 6.10 Å². The predicted octanol–water partition coefficient (Wildman–Crippen LogP) is -7.32. The zero-order valence-corrected chi connectivity index (χ0v) is 13.2. The Morgan fingerprint density at radius 2 is 0.842 bits per heavy atom. The van der Waals surface area contributed by atoms with Crippen molar-refractivity contribution in [1.29, 1.82) is 0 Å². The van der Waals surface area contributed by atoms with E-state index in [2.05, 4.69) is 0 Å². The Morgan fingerprint density at radius 1 is 0.737 bits per heavy atom. The molecule has 0 bridgehead atoms. The molecule has 0 amide bonds. The third kappa shape index (κ3) is 194. The van der Waals surface area contributed by atoms with Gasteiger partial charge in [0.1, 0.15) is 6.10 Å². The topological polar surface area (TPSA) is 233 Å². The SMILES string of the molecule is O=P([O-])([O-])[O-].O=P([O-])([O-])[O-].OCC(O)CO.[Ni+2].[Ni+2].[Ni+2]. The van der Waals surface area contributed by atoms with E-state index in [1.165, 1.54) is 0 Å². The number of phosphoric acid groups is 2. The van der Waals surface area contributed by atoms with Crippen LogP contribution in [0.3, 0.4) is 0 Å². The molecule has 126 valence electrons. The van der Waals surface area contributed by atoms with Crippen LogP contribution in [-0.4, -0.2) is 34.6 Å². The normalized spacial score (nSPS) is 9.37. The van der Waals surface area contributed by atoms with Gasteiger partial charge in [0.15, 0.2) is 0 Å². The molecular weight excluding hydrogens is 450 g/mol. The summed E-state index contributed by atoms with van der Waals surface area (Å²) in [6.45, 7) is -0.729. The van der Waals surface area contributed by atoms with E-state index in [4.69, 9.17) is 53.8 Å². The minimum Gasteiger partial charge on any atom is -0.822 e. The van der Waals surface area contributed by atoms with E-state index >= 15 is 0 Å². The van der Waals surface area contributed by atoms with Crippen molar-refractivity contribution in [2.24, 2.45) is 0 Å². The Hall–Kier alpha value is 1.58. The van der Waals surface area contributed by atoms with Crippen LogP contribution in [0.4, 0.5) is 0 Å². The van der Waals surface area contributed by atoms with E-state index in [0.717, 1.165) is 0 Å². The molecule has 0 aliphatic heterocycles. The molecule has 3 N–H and O–H groups in total. The first-order valence-corrected chi connectivity index (χ1v) is 6.09. The largest absolute Gasteiger partial charge is 2.00 e. The summed E-state index contributed by atoms with van der Waals surface area (Å²) >= 11 is 0. The van der Waals surface area contributed by atoms with E-state index < -0.39 is 21.7 Å². The van der Waals surface area contributed by atoms with Crippen LogP contribution in [0.25, 0.3) is 0 Å². The molecule has 0 heterocycles. The third-order valence-electron chi connectivity index (χ3n) is 0.421. The quantitative estimate of drug-likeness (QED) is 0.260. The number of aliphatic hydroxyl groups excluding tert-OH is 3. The number of hydrogen-bond donors (Lipinski definition) is 3. The zero-order valence-electron chi connectivity index (χ0n) is 8.44. The maximum absolute atomic E-state index is 8.55. The van der Waals surface area contributed by atoms with Crippen LogP contribution in [0.1, 0.15) is 0 Å². The van der Waals surface area contributed by atoms with Crippen LogP contribution < -0.4 is 29.4 Å². The maximum Gasteiger partial charge on any atom is 2.00 e. The fourth-order valence-corrected chi connectivity index (χ4v) is 0.0577. The summed E-state index contributed by atoms with van der Waals surface area (Å²) in [5.41, 5.74) is 0. The van der Waals surface area contributed by atoms with Gasteiger partial charge < -0.3 is 53.8 Å². The third-order valence-corrected chi connectivity index (χ3v) is 0.421. The summed E-state index contributed by atoms with van der Waals surface area (Å²) in [4.78, 5) is 51.3. The standard InChI is InChI=1S/C3H8O3.3Ni.2H3O4P/c4-1-3(6)2-5;;;;2*1-5(2,3)4/h3-6H,1-2H2;;;;2*(H3,1,2,3,4)/q;3*+2;;/p-6. The molecule has 0 spiro atoms. The molecule has 19 heavy (non-hydrogen) atoms. The van der Waals surface area contributed by atoms with Crippen molar-refractivity contribution in [1.82, 2.24) is 0 Å². The van der Waals surface area contributed by atoms with Gasteiger partial charge in [0, 0.05) is 0 Å². The number of aliphatic hydroxyl groups is 3. The molecule has 0 saturated heterocycles. The first-order valence-electron chi connectivity index (χ1n) is 3.17. The summed E-state index contributed by atoms with van der Waals surface area (Å²) in [5.74, 6) is 0. The van der Waals surface area contributed by atoms with Gasteiger partial charge in [-0.3, -0.25) is 0 Å². The summed E-state index contributed by atoms with van der Waals surface area (Å²) in [5, 5.41) is 24.0. The molecule has 0 saturated carbocycles. The van der Waals surface area contributed by atoms with Crippen LogP contribution in [-0.2, 0) is 58.6 Å². The number of rotatable bonds is 2. The monoisotopic (exact) mass is 456 g/mol. The summed E-state index contributed by atoms with van der Waals surface area (Å²) < 4.78 is 17.1. The van der Waals surface area contributed by atoms with Gasteiger partial charge in [-0.05, 0) is 0 Å². The minimum absolute atomic E-state index is 0. The summed E-state index contributed by atoms with van der Waals surface area (Å²) in [6, 6.07) is 0. The minimum atomic E-state index is -5.39. The molecule has 0 unspecified atom stereocenters. The van der Waals surface area contributed by atoms with E-state index in [0.29, 0.717) is 0 Å². The molecule has 0 atom stereocenters. The fraction of sp³-hybridized carbons (Fsp3) is 1.00. The van der Waals surface area contributed by atoms with E-state index in [-0.39, 0.29) is 62.7 Å². The Labute approximate surface area is 138 Å². The zero-order chi connectivity index (χ0) is 14.0.